The molecule has 4 nitrogen and oxygen atoms in total. The molecular formula is C9H8Br2N2O2S. The number of sulfonamides is 1. The topological polar surface area (TPSA) is 70.0 Å². The summed E-state index contributed by atoms with van der Waals surface area (Å²) in [7, 11) is -3.68. The van der Waals surface area contributed by atoms with Gasteiger partial charge in [-0.25, -0.2) is 8.42 Å². The van der Waals surface area contributed by atoms with Crippen LogP contribution in [0.15, 0.2) is 27.1 Å². The van der Waals surface area contributed by atoms with Crippen LogP contribution in [0.3, 0.4) is 0 Å². The van der Waals surface area contributed by atoms with Crippen molar-refractivity contribution in [3.63, 3.8) is 0 Å². The first-order valence-corrected chi connectivity index (χ1v) is 7.37. The van der Waals surface area contributed by atoms with Crippen molar-refractivity contribution in [2.75, 3.05) is 4.72 Å². The summed E-state index contributed by atoms with van der Waals surface area (Å²) in [4.78, 5) is 0. The molecule has 0 aliphatic carbocycles. The monoisotopic (exact) mass is 366 g/mol. The Morgan fingerprint density at radius 1 is 1.38 bits per heavy atom. The Morgan fingerprint density at radius 3 is 2.31 bits per heavy atom. The van der Waals surface area contributed by atoms with E-state index < -0.39 is 15.3 Å². The normalized spacial score (nSPS) is 12.9. The van der Waals surface area contributed by atoms with Crippen molar-refractivity contribution in [3.8, 4) is 6.07 Å². The third kappa shape index (κ3) is 2.97. The summed E-state index contributed by atoms with van der Waals surface area (Å²) in [6, 6.07) is 6.86. The lowest BCUT2D eigenvalue weighted by Crippen LogP contribution is -2.24. The predicted octanol–water partition coefficient (Wildman–Crippen LogP) is 2.87. The third-order valence-electron chi connectivity index (χ3n) is 1.85. The van der Waals surface area contributed by atoms with E-state index >= 15 is 0 Å². The molecule has 1 unspecified atom stereocenters. The van der Waals surface area contributed by atoms with Crippen LogP contribution >= 0.6 is 31.9 Å². The van der Waals surface area contributed by atoms with E-state index in [1.54, 1.807) is 24.3 Å². The Hall–Kier alpha value is -0.580. The van der Waals surface area contributed by atoms with Crippen molar-refractivity contribution in [1.29, 1.82) is 5.26 Å². The zero-order valence-electron chi connectivity index (χ0n) is 8.24. The molecule has 0 radical (unpaired) electrons. The maximum absolute atomic E-state index is 11.7. The van der Waals surface area contributed by atoms with Gasteiger partial charge in [0.15, 0.2) is 5.25 Å². The molecule has 0 heterocycles. The zero-order valence-corrected chi connectivity index (χ0v) is 12.2. The SMILES string of the molecule is CC(C#N)S(=O)(=O)Nc1c(Br)cccc1Br. The molecule has 0 aliphatic rings. The van der Waals surface area contributed by atoms with Gasteiger partial charge < -0.3 is 0 Å². The summed E-state index contributed by atoms with van der Waals surface area (Å²) < 4.78 is 26.9. The van der Waals surface area contributed by atoms with E-state index in [2.05, 4.69) is 36.6 Å². The number of para-hydroxylation sites is 1. The number of nitrogens with zero attached hydrogens (tertiary/aromatic N) is 1. The van der Waals surface area contributed by atoms with Gasteiger partial charge in [0.25, 0.3) is 0 Å². The molecule has 0 spiro atoms. The van der Waals surface area contributed by atoms with Crippen molar-refractivity contribution >= 4 is 47.6 Å². The maximum Gasteiger partial charge on any atom is 0.248 e. The van der Waals surface area contributed by atoms with Crippen LogP contribution in [0.2, 0.25) is 0 Å². The largest absolute Gasteiger partial charge is 0.280 e. The van der Waals surface area contributed by atoms with Crippen molar-refractivity contribution < 1.29 is 8.42 Å². The van der Waals surface area contributed by atoms with E-state index in [0.717, 1.165) is 0 Å². The first-order valence-electron chi connectivity index (χ1n) is 4.23. The minimum Gasteiger partial charge on any atom is -0.280 e. The molecule has 1 N–H and O–H groups in total. The predicted molar refractivity (Wildman–Crippen MR) is 69.5 cm³/mol. The number of anilines is 1. The highest BCUT2D eigenvalue weighted by molar-refractivity contribution is 9.11. The van der Waals surface area contributed by atoms with Gasteiger partial charge in [-0.15, -0.1) is 0 Å². The average molecular weight is 368 g/mol. The summed E-state index contributed by atoms with van der Waals surface area (Å²) in [5.74, 6) is 0. The van der Waals surface area contributed by atoms with E-state index in [-0.39, 0.29) is 0 Å². The number of rotatable bonds is 3. The summed E-state index contributed by atoms with van der Waals surface area (Å²) in [6.07, 6.45) is 0. The molecule has 0 bridgehead atoms. The van der Waals surface area contributed by atoms with Gasteiger partial charge in [0.05, 0.1) is 11.8 Å². The minimum atomic E-state index is -3.68. The Morgan fingerprint density at radius 2 is 1.88 bits per heavy atom. The Kier molecular flexibility index (Phi) is 4.35. The van der Waals surface area contributed by atoms with Gasteiger partial charge in [0.2, 0.25) is 10.0 Å². The molecule has 16 heavy (non-hydrogen) atoms. The summed E-state index contributed by atoms with van der Waals surface area (Å²) in [5, 5.41) is 7.49. The summed E-state index contributed by atoms with van der Waals surface area (Å²) in [6.45, 7) is 1.33. The van der Waals surface area contributed by atoms with Crippen LogP contribution in [-0.2, 0) is 10.0 Å². The molecule has 7 heteroatoms. The van der Waals surface area contributed by atoms with E-state index in [1.165, 1.54) is 6.92 Å². The van der Waals surface area contributed by atoms with Crippen LogP contribution in [0.1, 0.15) is 6.92 Å². The Bertz CT molecular complexity index is 517. The molecule has 86 valence electrons. The van der Waals surface area contributed by atoms with Crippen LogP contribution < -0.4 is 4.72 Å². The van der Waals surface area contributed by atoms with E-state index in [0.29, 0.717) is 14.6 Å². The molecule has 0 aliphatic heterocycles. The quantitative estimate of drug-likeness (QED) is 0.892. The van der Waals surface area contributed by atoms with Crippen molar-refractivity contribution in [1.82, 2.24) is 0 Å². The fourth-order valence-corrected chi connectivity index (χ4v) is 3.17. The average Bonchev–Trinajstić information content (AvgIpc) is 2.22. The van der Waals surface area contributed by atoms with Crippen LogP contribution in [0.25, 0.3) is 0 Å². The number of hydrogen-bond acceptors (Lipinski definition) is 3. The fraction of sp³-hybridized carbons (Fsp3) is 0.222. The van der Waals surface area contributed by atoms with Gasteiger partial charge in [-0.3, -0.25) is 4.72 Å². The van der Waals surface area contributed by atoms with Gasteiger partial charge in [-0.1, -0.05) is 6.07 Å². The van der Waals surface area contributed by atoms with Gasteiger partial charge in [-0.05, 0) is 50.9 Å². The van der Waals surface area contributed by atoms with E-state index in [9.17, 15) is 8.42 Å². The van der Waals surface area contributed by atoms with Gasteiger partial charge in [-0.2, -0.15) is 5.26 Å². The van der Waals surface area contributed by atoms with Gasteiger partial charge in [0.1, 0.15) is 0 Å². The summed E-state index contributed by atoms with van der Waals surface area (Å²) in [5.41, 5.74) is 0.393. The Labute approximate surface area is 111 Å². The highest BCUT2D eigenvalue weighted by Gasteiger charge is 2.21. The van der Waals surface area contributed by atoms with Gasteiger partial charge >= 0.3 is 0 Å². The molecule has 0 saturated heterocycles. The number of halogens is 2. The molecule has 0 aromatic heterocycles. The van der Waals surface area contributed by atoms with Crippen LogP contribution in [0, 0.1) is 11.3 Å². The number of nitriles is 1. The first kappa shape index (κ1) is 13.5. The molecule has 0 fully saturated rings. The van der Waals surface area contributed by atoms with Gasteiger partial charge in [0, 0.05) is 8.95 Å². The lowest BCUT2D eigenvalue weighted by Gasteiger charge is -2.12. The van der Waals surface area contributed by atoms with E-state index in [4.69, 9.17) is 5.26 Å². The van der Waals surface area contributed by atoms with E-state index in [1.807, 2.05) is 0 Å². The smallest absolute Gasteiger partial charge is 0.248 e. The van der Waals surface area contributed by atoms with Crippen LogP contribution in [0.4, 0.5) is 5.69 Å². The first-order chi connectivity index (χ1) is 7.38. The maximum atomic E-state index is 11.7. The molecular weight excluding hydrogens is 360 g/mol. The second-order valence-electron chi connectivity index (χ2n) is 3.02. The molecule has 0 saturated carbocycles. The molecule has 1 aromatic rings. The number of hydrogen-bond donors (Lipinski definition) is 1. The van der Waals surface area contributed by atoms with Crippen LogP contribution in [0.5, 0.6) is 0 Å². The zero-order chi connectivity index (χ0) is 12.3. The van der Waals surface area contributed by atoms with Crippen molar-refractivity contribution in [2.45, 2.75) is 12.2 Å². The number of nitrogens with one attached hydrogen (secondary N) is 1. The standard InChI is InChI=1S/C9H8Br2N2O2S/c1-6(5-12)16(14,15)13-9-7(10)3-2-4-8(9)11/h2-4,6,13H,1H3. The second kappa shape index (κ2) is 5.17. The summed E-state index contributed by atoms with van der Waals surface area (Å²) >= 11 is 6.46. The second-order valence-corrected chi connectivity index (χ2v) is 6.72. The fourth-order valence-electron chi connectivity index (χ4n) is 0.895. The number of benzene rings is 1. The molecule has 1 atom stereocenters. The molecule has 1 rings (SSSR count). The van der Waals surface area contributed by atoms with Crippen molar-refractivity contribution in [3.05, 3.63) is 27.1 Å². The van der Waals surface area contributed by atoms with Crippen molar-refractivity contribution in [2.24, 2.45) is 0 Å². The lowest BCUT2D eigenvalue weighted by atomic mass is 10.3. The highest BCUT2D eigenvalue weighted by atomic mass is 79.9. The Balaban J connectivity index is 3.12. The molecule has 0 amide bonds. The molecule has 1 aromatic carbocycles. The minimum absolute atomic E-state index is 0.393. The highest BCUT2D eigenvalue weighted by Crippen LogP contribution is 2.31. The van der Waals surface area contributed by atoms with Crippen LogP contribution in [-0.4, -0.2) is 13.7 Å². The lowest BCUT2D eigenvalue weighted by molar-refractivity contribution is 0.597. The third-order valence-corrected chi connectivity index (χ3v) is 4.70.